The zero-order valence-electron chi connectivity index (χ0n) is 14.7. The molecule has 0 unspecified atom stereocenters. The second kappa shape index (κ2) is 6.74. The van der Waals surface area contributed by atoms with E-state index in [2.05, 4.69) is 4.98 Å². The first-order valence-electron chi connectivity index (χ1n) is 8.56. The lowest BCUT2D eigenvalue weighted by molar-refractivity contribution is 0.0697. The number of carboxylic acids is 1. The van der Waals surface area contributed by atoms with Gasteiger partial charge in [-0.1, -0.05) is 30.3 Å². The summed E-state index contributed by atoms with van der Waals surface area (Å²) in [5.74, 6) is -1.03. The number of ether oxygens (including phenoxy) is 1. The predicted octanol–water partition coefficient (Wildman–Crippen LogP) is 3.50. The zero-order valence-corrected chi connectivity index (χ0v) is 14.7. The molecule has 6 nitrogen and oxygen atoms in total. The average Bonchev–Trinajstić information content (AvgIpc) is 2.99. The van der Waals surface area contributed by atoms with E-state index in [1.165, 1.54) is 12.1 Å². The fraction of sp³-hybridized carbons (Fsp3) is 0.143. The number of nitrogens with zero attached hydrogens (tertiary/aromatic N) is 1. The average molecular weight is 362 g/mol. The fourth-order valence-corrected chi connectivity index (χ4v) is 3.37. The molecule has 2 heterocycles. The highest BCUT2D eigenvalue weighted by atomic mass is 16.5. The number of hydrogen-bond acceptors (Lipinski definition) is 3. The lowest BCUT2D eigenvalue weighted by Crippen LogP contribution is -2.13. The van der Waals surface area contributed by atoms with E-state index < -0.39 is 5.97 Å². The first kappa shape index (κ1) is 17.1. The van der Waals surface area contributed by atoms with E-state index in [1.807, 2.05) is 47.7 Å². The highest BCUT2D eigenvalue weighted by Crippen LogP contribution is 2.21. The number of rotatable bonds is 5. The van der Waals surface area contributed by atoms with Gasteiger partial charge in [-0.05, 0) is 36.8 Å². The third-order valence-corrected chi connectivity index (χ3v) is 4.58. The van der Waals surface area contributed by atoms with Crippen molar-refractivity contribution >= 4 is 22.5 Å². The number of fused-ring (bicyclic) bond motifs is 3. The van der Waals surface area contributed by atoms with Crippen molar-refractivity contribution in [2.24, 2.45) is 0 Å². The van der Waals surface area contributed by atoms with Crippen LogP contribution in [0.3, 0.4) is 0 Å². The summed E-state index contributed by atoms with van der Waals surface area (Å²) in [5.41, 5.74) is 4.39. The number of aryl methyl sites for hydroxylation is 1. The van der Waals surface area contributed by atoms with Crippen LogP contribution in [0.25, 0.3) is 16.6 Å². The summed E-state index contributed by atoms with van der Waals surface area (Å²) in [6.07, 6.45) is 0. The second-order valence-electron chi connectivity index (χ2n) is 6.46. The molecule has 0 spiro atoms. The molecule has 0 atom stereocenters. The summed E-state index contributed by atoms with van der Waals surface area (Å²) in [5, 5.41) is 9.16. The van der Waals surface area contributed by atoms with Crippen molar-refractivity contribution in [2.75, 3.05) is 0 Å². The van der Waals surface area contributed by atoms with E-state index in [9.17, 15) is 9.59 Å². The van der Waals surface area contributed by atoms with Gasteiger partial charge in [0.1, 0.15) is 5.52 Å². The van der Waals surface area contributed by atoms with Crippen molar-refractivity contribution in [3.8, 4) is 0 Å². The Bertz CT molecular complexity index is 1210. The minimum atomic E-state index is -1.03. The second-order valence-corrected chi connectivity index (χ2v) is 6.46. The number of aromatic amines is 1. The van der Waals surface area contributed by atoms with Crippen LogP contribution in [0.15, 0.2) is 59.4 Å². The lowest BCUT2D eigenvalue weighted by atomic mass is 10.2. The molecule has 0 fully saturated rings. The standard InChI is InChI=1S/C21H18N2O4/c1-13-9-16(12-27-11-14-5-3-2-4-6-14)19-20(24)22-17-10-15(21(25)26)7-8-18(17)23(13)19/h2-10H,11-12H2,1H3,(H,22,24)(H,25,26). The first-order valence-corrected chi connectivity index (χ1v) is 8.56. The Morgan fingerprint density at radius 3 is 2.63 bits per heavy atom. The number of carboxylic acid groups (broad SMARTS) is 1. The molecule has 2 aromatic carbocycles. The van der Waals surface area contributed by atoms with Crippen LogP contribution < -0.4 is 5.56 Å². The predicted molar refractivity (Wildman–Crippen MR) is 102 cm³/mol. The van der Waals surface area contributed by atoms with Gasteiger partial charge in [0.25, 0.3) is 5.56 Å². The number of H-pyrrole nitrogens is 1. The van der Waals surface area contributed by atoms with E-state index in [1.54, 1.807) is 6.07 Å². The Morgan fingerprint density at radius 1 is 1.11 bits per heavy atom. The van der Waals surface area contributed by atoms with Crippen LogP contribution in [0.2, 0.25) is 0 Å². The molecule has 0 radical (unpaired) electrons. The van der Waals surface area contributed by atoms with E-state index in [0.717, 1.165) is 22.3 Å². The largest absolute Gasteiger partial charge is 0.478 e. The fourth-order valence-electron chi connectivity index (χ4n) is 3.37. The molecule has 0 aliphatic heterocycles. The molecule has 4 rings (SSSR count). The third kappa shape index (κ3) is 3.11. The Kier molecular flexibility index (Phi) is 4.25. The first-order chi connectivity index (χ1) is 13.0. The zero-order chi connectivity index (χ0) is 19.0. The molecule has 0 saturated carbocycles. The van der Waals surface area contributed by atoms with Crippen molar-refractivity contribution in [3.63, 3.8) is 0 Å². The lowest BCUT2D eigenvalue weighted by Gasteiger charge is -2.07. The normalized spacial score (nSPS) is 11.3. The summed E-state index contributed by atoms with van der Waals surface area (Å²) in [7, 11) is 0. The van der Waals surface area contributed by atoms with E-state index >= 15 is 0 Å². The molecule has 0 amide bonds. The molecule has 4 aromatic rings. The highest BCUT2D eigenvalue weighted by molar-refractivity contribution is 5.93. The maximum absolute atomic E-state index is 12.7. The maximum Gasteiger partial charge on any atom is 0.335 e. The molecule has 6 heteroatoms. The van der Waals surface area contributed by atoms with Gasteiger partial charge in [0.2, 0.25) is 0 Å². The molecule has 0 saturated heterocycles. The van der Waals surface area contributed by atoms with Gasteiger partial charge in [0, 0.05) is 11.3 Å². The third-order valence-electron chi connectivity index (χ3n) is 4.58. The molecule has 2 aromatic heterocycles. The molecular formula is C21H18N2O4. The van der Waals surface area contributed by atoms with Crippen LogP contribution in [0.4, 0.5) is 0 Å². The SMILES string of the molecule is Cc1cc(COCc2ccccc2)c2c(=O)[nH]c3cc(C(=O)O)ccc3n12. The Hall–Kier alpha value is -3.38. The summed E-state index contributed by atoms with van der Waals surface area (Å²) in [4.78, 5) is 26.6. The highest BCUT2D eigenvalue weighted by Gasteiger charge is 2.15. The molecule has 0 aliphatic carbocycles. The van der Waals surface area contributed by atoms with Gasteiger partial charge in [-0.2, -0.15) is 0 Å². The van der Waals surface area contributed by atoms with Gasteiger partial charge in [0.05, 0.1) is 29.8 Å². The van der Waals surface area contributed by atoms with Crippen LogP contribution in [-0.4, -0.2) is 20.5 Å². The maximum atomic E-state index is 12.7. The number of hydrogen-bond donors (Lipinski definition) is 2. The Balaban J connectivity index is 1.74. The number of nitrogens with one attached hydrogen (secondary N) is 1. The van der Waals surface area contributed by atoms with Gasteiger partial charge >= 0.3 is 5.97 Å². The Morgan fingerprint density at radius 2 is 1.89 bits per heavy atom. The molecule has 0 bridgehead atoms. The quantitative estimate of drug-likeness (QED) is 0.569. The summed E-state index contributed by atoms with van der Waals surface area (Å²) >= 11 is 0. The molecule has 27 heavy (non-hydrogen) atoms. The van der Waals surface area contributed by atoms with Crippen molar-refractivity contribution in [1.29, 1.82) is 0 Å². The van der Waals surface area contributed by atoms with Gasteiger partial charge in [0.15, 0.2) is 0 Å². The number of aromatic nitrogens is 2. The minimum absolute atomic E-state index is 0.133. The van der Waals surface area contributed by atoms with Crippen LogP contribution >= 0.6 is 0 Å². The summed E-state index contributed by atoms with van der Waals surface area (Å²) in [6, 6.07) is 16.5. The smallest absolute Gasteiger partial charge is 0.335 e. The topological polar surface area (TPSA) is 83.8 Å². The van der Waals surface area contributed by atoms with Crippen molar-refractivity contribution in [3.05, 3.63) is 87.3 Å². The van der Waals surface area contributed by atoms with Gasteiger partial charge in [-0.15, -0.1) is 0 Å². The van der Waals surface area contributed by atoms with Crippen molar-refractivity contribution in [1.82, 2.24) is 9.38 Å². The van der Waals surface area contributed by atoms with E-state index in [0.29, 0.717) is 24.2 Å². The molecular weight excluding hydrogens is 344 g/mol. The van der Waals surface area contributed by atoms with E-state index in [4.69, 9.17) is 9.84 Å². The van der Waals surface area contributed by atoms with Crippen LogP contribution in [-0.2, 0) is 18.0 Å². The van der Waals surface area contributed by atoms with Crippen LogP contribution in [0, 0.1) is 6.92 Å². The monoisotopic (exact) mass is 362 g/mol. The summed E-state index contributed by atoms with van der Waals surface area (Å²) in [6.45, 7) is 2.69. The molecule has 2 N–H and O–H groups in total. The van der Waals surface area contributed by atoms with Gasteiger partial charge in [-0.25, -0.2) is 4.79 Å². The van der Waals surface area contributed by atoms with Crippen LogP contribution in [0.5, 0.6) is 0 Å². The van der Waals surface area contributed by atoms with Gasteiger partial charge in [-0.3, -0.25) is 4.79 Å². The number of aromatic carboxylic acids is 1. The van der Waals surface area contributed by atoms with Crippen molar-refractivity contribution in [2.45, 2.75) is 20.1 Å². The van der Waals surface area contributed by atoms with Gasteiger partial charge < -0.3 is 19.2 Å². The molecule has 0 aliphatic rings. The number of benzene rings is 2. The molecule has 136 valence electrons. The van der Waals surface area contributed by atoms with Crippen molar-refractivity contribution < 1.29 is 14.6 Å². The minimum Gasteiger partial charge on any atom is -0.478 e. The Labute approximate surface area is 154 Å². The van der Waals surface area contributed by atoms with Crippen LogP contribution in [0.1, 0.15) is 27.2 Å². The summed E-state index contributed by atoms with van der Waals surface area (Å²) < 4.78 is 7.65. The number of carbonyl (C=O) groups is 1. The van der Waals surface area contributed by atoms with E-state index in [-0.39, 0.29) is 11.1 Å².